The van der Waals surface area contributed by atoms with E-state index in [0.717, 1.165) is 25.3 Å². The van der Waals surface area contributed by atoms with Crippen LogP contribution < -0.4 is 5.32 Å². The predicted octanol–water partition coefficient (Wildman–Crippen LogP) is 1.93. The summed E-state index contributed by atoms with van der Waals surface area (Å²) >= 11 is 0. The molecule has 13 heavy (non-hydrogen) atoms. The van der Waals surface area contributed by atoms with Gasteiger partial charge in [0.05, 0.1) is 6.61 Å². The molecule has 1 aliphatic carbocycles. The summed E-state index contributed by atoms with van der Waals surface area (Å²) in [5, 5.41) is 12.8. The molecule has 1 aliphatic rings. The molecular formula is C11H23NO. The van der Waals surface area contributed by atoms with Crippen molar-refractivity contribution in [3.8, 4) is 0 Å². The second-order valence-corrected chi connectivity index (χ2v) is 4.36. The molecule has 2 heteroatoms. The summed E-state index contributed by atoms with van der Waals surface area (Å²) in [5.74, 6) is 0.782. The zero-order valence-corrected chi connectivity index (χ0v) is 8.97. The van der Waals surface area contributed by atoms with Crippen LogP contribution in [-0.4, -0.2) is 23.8 Å². The molecule has 0 aromatic carbocycles. The number of rotatable bonds is 6. The van der Waals surface area contributed by atoms with Crippen LogP contribution in [0, 0.1) is 5.92 Å². The van der Waals surface area contributed by atoms with Gasteiger partial charge in [-0.2, -0.15) is 0 Å². The van der Waals surface area contributed by atoms with Gasteiger partial charge in [-0.15, -0.1) is 0 Å². The van der Waals surface area contributed by atoms with Crippen LogP contribution >= 0.6 is 0 Å². The monoisotopic (exact) mass is 185 g/mol. The summed E-state index contributed by atoms with van der Waals surface area (Å²) in [6.07, 6.45) is 6.07. The summed E-state index contributed by atoms with van der Waals surface area (Å²) < 4.78 is 0. The average Bonchev–Trinajstić information content (AvgIpc) is 2.10. The van der Waals surface area contributed by atoms with Crippen LogP contribution in [0.4, 0.5) is 0 Å². The van der Waals surface area contributed by atoms with Crippen LogP contribution in [0.5, 0.6) is 0 Å². The lowest BCUT2D eigenvalue weighted by Gasteiger charge is -2.42. The van der Waals surface area contributed by atoms with Crippen LogP contribution in [0.25, 0.3) is 0 Å². The van der Waals surface area contributed by atoms with E-state index in [0.29, 0.717) is 6.61 Å². The SMILES string of the molecule is CCC(CC)CNC1(CO)CCC1. The Morgan fingerprint density at radius 1 is 1.31 bits per heavy atom. The molecule has 0 saturated heterocycles. The fourth-order valence-corrected chi connectivity index (χ4v) is 1.93. The van der Waals surface area contributed by atoms with Crippen molar-refractivity contribution in [2.75, 3.05) is 13.2 Å². The van der Waals surface area contributed by atoms with Crippen molar-refractivity contribution in [1.29, 1.82) is 0 Å². The first-order chi connectivity index (χ1) is 6.26. The van der Waals surface area contributed by atoms with E-state index in [1.54, 1.807) is 0 Å². The number of nitrogens with one attached hydrogen (secondary N) is 1. The van der Waals surface area contributed by atoms with Gasteiger partial charge in [-0.05, 0) is 31.7 Å². The lowest BCUT2D eigenvalue weighted by atomic mass is 9.77. The molecule has 0 heterocycles. The van der Waals surface area contributed by atoms with Crippen LogP contribution in [0.15, 0.2) is 0 Å². The van der Waals surface area contributed by atoms with Crippen molar-refractivity contribution < 1.29 is 5.11 Å². The minimum atomic E-state index is 0.0998. The summed E-state index contributed by atoms with van der Waals surface area (Å²) in [6, 6.07) is 0. The topological polar surface area (TPSA) is 32.3 Å². The van der Waals surface area contributed by atoms with Crippen molar-refractivity contribution in [2.45, 2.75) is 51.5 Å². The minimum absolute atomic E-state index is 0.0998. The van der Waals surface area contributed by atoms with Crippen molar-refractivity contribution in [1.82, 2.24) is 5.32 Å². The molecule has 0 aromatic rings. The molecule has 0 amide bonds. The van der Waals surface area contributed by atoms with E-state index in [1.165, 1.54) is 19.3 Å². The smallest absolute Gasteiger partial charge is 0.0613 e. The molecule has 1 rings (SSSR count). The Balaban J connectivity index is 2.23. The first kappa shape index (κ1) is 11.0. The maximum Gasteiger partial charge on any atom is 0.0613 e. The van der Waals surface area contributed by atoms with Gasteiger partial charge in [-0.1, -0.05) is 26.7 Å². The number of hydrogen-bond acceptors (Lipinski definition) is 2. The summed E-state index contributed by atoms with van der Waals surface area (Å²) in [4.78, 5) is 0. The number of hydrogen-bond donors (Lipinski definition) is 2. The van der Waals surface area contributed by atoms with E-state index < -0.39 is 0 Å². The Bertz CT molecular complexity index is 134. The highest BCUT2D eigenvalue weighted by molar-refractivity contribution is 4.95. The fourth-order valence-electron chi connectivity index (χ4n) is 1.93. The quantitative estimate of drug-likeness (QED) is 0.662. The third-order valence-electron chi connectivity index (χ3n) is 3.53. The molecule has 1 saturated carbocycles. The highest BCUT2D eigenvalue weighted by atomic mass is 16.3. The van der Waals surface area contributed by atoms with Crippen molar-refractivity contribution >= 4 is 0 Å². The first-order valence-corrected chi connectivity index (χ1v) is 5.62. The molecule has 0 radical (unpaired) electrons. The van der Waals surface area contributed by atoms with Crippen LogP contribution in [0.2, 0.25) is 0 Å². The van der Waals surface area contributed by atoms with Gasteiger partial charge < -0.3 is 10.4 Å². The molecule has 78 valence electrons. The third-order valence-corrected chi connectivity index (χ3v) is 3.53. The van der Waals surface area contributed by atoms with Gasteiger partial charge in [0.15, 0.2) is 0 Å². The Labute approximate surface area is 81.7 Å². The third kappa shape index (κ3) is 2.68. The Kier molecular flexibility index (Phi) is 4.20. The van der Waals surface area contributed by atoms with Gasteiger partial charge in [0, 0.05) is 5.54 Å². The first-order valence-electron chi connectivity index (χ1n) is 5.62. The minimum Gasteiger partial charge on any atom is -0.394 e. The normalized spacial score (nSPS) is 20.3. The second kappa shape index (κ2) is 4.97. The lowest BCUT2D eigenvalue weighted by Crippen LogP contribution is -2.55. The summed E-state index contributed by atoms with van der Waals surface area (Å²) in [6.45, 7) is 5.87. The van der Waals surface area contributed by atoms with E-state index >= 15 is 0 Å². The fraction of sp³-hybridized carbons (Fsp3) is 1.00. The predicted molar refractivity (Wildman–Crippen MR) is 55.7 cm³/mol. The van der Waals surface area contributed by atoms with E-state index in [-0.39, 0.29) is 5.54 Å². The van der Waals surface area contributed by atoms with E-state index in [9.17, 15) is 5.11 Å². The van der Waals surface area contributed by atoms with Crippen molar-refractivity contribution in [3.05, 3.63) is 0 Å². The second-order valence-electron chi connectivity index (χ2n) is 4.36. The Hall–Kier alpha value is -0.0800. The van der Waals surface area contributed by atoms with Crippen molar-refractivity contribution in [3.63, 3.8) is 0 Å². The molecule has 0 aliphatic heterocycles. The molecule has 0 bridgehead atoms. The van der Waals surface area contributed by atoms with Crippen LogP contribution in [0.1, 0.15) is 46.0 Å². The lowest BCUT2D eigenvalue weighted by molar-refractivity contribution is 0.0839. The van der Waals surface area contributed by atoms with E-state index in [2.05, 4.69) is 19.2 Å². The van der Waals surface area contributed by atoms with Gasteiger partial charge >= 0.3 is 0 Å². The maximum absolute atomic E-state index is 9.23. The number of aliphatic hydroxyl groups excluding tert-OH is 1. The van der Waals surface area contributed by atoms with Gasteiger partial charge in [0.25, 0.3) is 0 Å². The molecule has 0 unspecified atom stereocenters. The molecule has 0 atom stereocenters. The van der Waals surface area contributed by atoms with E-state index in [1.807, 2.05) is 0 Å². The Morgan fingerprint density at radius 2 is 1.92 bits per heavy atom. The van der Waals surface area contributed by atoms with Gasteiger partial charge in [-0.25, -0.2) is 0 Å². The average molecular weight is 185 g/mol. The van der Waals surface area contributed by atoms with Crippen molar-refractivity contribution in [2.24, 2.45) is 5.92 Å². The van der Waals surface area contributed by atoms with Gasteiger partial charge in [-0.3, -0.25) is 0 Å². The van der Waals surface area contributed by atoms with Crippen LogP contribution in [0.3, 0.4) is 0 Å². The highest BCUT2D eigenvalue weighted by Crippen LogP contribution is 2.31. The summed E-state index contributed by atoms with van der Waals surface area (Å²) in [7, 11) is 0. The molecule has 1 fully saturated rings. The molecule has 2 nitrogen and oxygen atoms in total. The van der Waals surface area contributed by atoms with Gasteiger partial charge in [0.2, 0.25) is 0 Å². The molecule has 0 aromatic heterocycles. The standard InChI is InChI=1S/C11H23NO/c1-3-10(4-2)8-12-11(9-13)6-5-7-11/h10,12-13H,3-9H2,1-2H3. The zero-order valence-electron chi connectivity index (χ0n) is 8.97. The van der Waals surface area contributed by atoms with E-state index in [4.69, 9.17) is 0 Å². The Morgan fingerprint density at radius 3 is 2.23 bits per heavy atom. The molecule has 2 N–H and O–H groups in total. The van der Waals surface area contributed by atoms with Gasteiger partial charge in [0.1, 0.15) is 0 Å². The molecule has 0 spiro atoms. The maximum atomic E-state index is 9.23. The molecular weight excluding hydrogens is 162 g/mol. The largest absolute Gasteiger partial charge is 0.394 e. The highest BCUT2D eigenvalue weighted by Gasteiger charge is 2.35. The summed E-state index contributed by atoms with van der Waals surface area (Å²) in [5.41, 5.74) is 0.0998. The zero-order chi connectivity index (χ0) is 9.73. The van der Waals surface area contributed by atoms with Crippen LogP contribution in [-0.2, 0) is 0 Å². The number of aliphatic hydroxyl groups is 1.